The van der Waals surface area contributed by atoms with Crippen LogP contribution in [0.25, 0.3) is 0 Å². The van der Waals surface area contributed by atoms with Crippen molar-refractivity contribution >= 4 is 26.0 Å². The number of hydrogen-bond donors (Lipinski definition) is 1. The number of halogens is 1. The molecule has 0 aliphatic carbocycles. The van der Waals surface area contributed by atoms with Gasteiger partial charge in [-0.05, 0) is 47.7 Å². The van der Waals surface area contributed by atoms with Gasteiger partial charge in [0.25, 0.3) is 0 Å². The second-order valence-corrected chi connectivity index (χ2v) is 7.79. The summed E-state index contributed by atoms with van der Waals surface area (Å²) in [4.78, 5) is 4.15. The average Bonchev–Trinajstić information content (AvgIpc) is 2.39. The molecule has 19 heavy (non-hydrogen) atoms. The number of piperidine rings is 1. The lowest BCUT2D eigenvalue weighted by Crippen LogP contribution is -2.42. The van der Waals surface area contributed by atoms with Crippen molar-refractivity contribution in [2.75, 3.05) is 13.1 Å². The first-order valence-electron chi connectivity index (χ1n) is 6.27. The van der Waals surface area contributed by atoms with E-state index >= 15 is 0 Å². The van der Waals surface area contributed by atoms with E-state index in [1.54, 1.807) is 12.3 Å². The maximum Gasteiger partial charge on any atom is 0.244 e. The van der Waals surface area contributed by atoms with Gasteiger partial charge >= 0.3 is 0 Å². The Morgan fingerprint density at radius 1 is 1.42 bits per heavy atom. The van der Waals surface area contributed by atoms with Gasteiger partial charge in [0.2, 0.25) is 10.0 Å². The number of aromatic nitrogens is 1. The topological polar surface area (TPSA) is 76.3 Å². The molecule has 2 rings (SSSR count). The highest BCUT2D eigenvalue weighted by atomic mass is 79.9. The molecule has 1 aromatic rings. The van der Waals surface area contributed by atoms with Gasteiger partial charge in [-0.1, -0.05) is 0 Å². The number of nitrogens with zero attached hydrogens (tertiary/aromatic N) is 2. The molecule has 0 aromatic carbocycles. The monoisotopic (exact) mass is 347 g/mol. The molecule has 2 heterocycles. The van der Waals surface area contributed by atoms with Gasteiger partial charge in [-0.15, -0.1) is 0 Å². The molecule has 5 nitrogen and oxygen atoms in total. The van der Waals surface area contributed by atoms with Gasteiger partial charge in [0.15, 0.2) is 0 Å². The molecule has 0 unspecified atom stereocenters. The zero-order valence-corrected chi connectivity index (χ0v) is 13.2. The molecule has 0 amide bonds. The summed E-state index contributed by atoms with van der Waals surface area (Å²) in [5, 5.41) is 0. The van der Waals surface area contributed by atoms with Crippen molar-refractivity contribution in [2.45, 2.75) is 30.7 Å². The Balaban J connectivity index is 2.14. The Labute approximate surface area is 122 Å². The van der Waals surface area contributed by atoms with Gasteiger partial charge in [-0.2, -0.15) is 4.31 Å². The van der Waals surface area contributed by atoms with Crippen LogP contribution in [0.4, 0.5) is 0 Å². The number of rotatable bonds is 3. The normalized spacial score (nSPS) is 20.4. The van der Waals surface area contributed by atoms with Crippen LogP contribution in [0.5, 0.6) is 0 Å². The summed E-state index contributed by atoms with van der Waals surface area (Å²) in [6.07, 6.45) is 4.59. The van der Waals surface area contributed by atoms with E-state index < -0.39 is 10.0 Å². The first-order valence-corrected chi connectivity index (χ1v) is 8.51. The quantitative estimate of drug-likeness (QED) is 0.900. The van der Waals surface area contributed by atoms with Crippen molar-refractivity contribution in [2.24, 2.45) is 11.7 Å². The number of hydrogen-bond acceptors (Lipinski definition) is 4. The van der Waals surface area contributed by atoms with Gasteiger partial charge in [-0.3, -0.25) is 4.98 Å². The zero-order valence-electron chi connectivity index (χ0n) is 10.8. The van der Waals surface area contributed by atoms with Crippen LogP contribution in [0, 0.1) is 5.92 Å². The summed E-state index contributed by atoms with van der Waals surface area (Å²) in [7, 11) is -3.43. The van der Waals surface area contributed by atoms with E-state index in [0.717, 1.165) is 12.8 Å². The smallest absolute Gasteiger partial charge is 0.244 e. The second kappa shape index (κ2) is 5.87. The van der Waals surface area contributed by atoms with Gasteiger partial charge in [0, 0.05) is 36.0 Å². The number of sulfonamides is 1. The van der Waals surface area contributed by atoms with E-state index in [1.165, 1.54) is 10.5 Å². The van der Waals surface area contributed by atoms with Crippen molar-refractivity contribution in [1.82, 2.24) is 9.29 Å². The maximum atomic E-state index is 12.4. The highest BCUT2D eigenvalue weighted by Gasteiger charge is 2.30. The summed E-state index contributed by atoms with van der Waals surface area (Å²) < 4.78 is 27.1. The minimum absolute atomic E-state index is 0.123. The molecule has 106 valence electrons. The molecular weight excluding hydrogens is 330 g/mol. The summed E-state index contributed by atoms with van der Waals surface area (Å²) >= 11 is 3.25. The second-order valence-electron chi connectivity index (χ2n) is 4.94. The van der Waals surface area contributed by atoms with Gasteiger partial charge in [0.1, 0.15) is 4.90 Å². The minimum Gasteiger partial charge on any atom is -0.328 e. The maximum absolute atomic E-state index is 12.4. The molecule has 0 saturated carbocycles. The third kappa shape index (κ3) is 3.34. The highest BCUT2D eigenvalue weighted by molar-refractivity contribution is 9.10. The van der Waals surface area contributed by atoms with Crippen molar-refractivity contribution < 1.29 is 8.42 Å². The van der Waals surface area contributed by atoms with Gasteiger partial charge in [0.05, 0.1) is 0 Å². The lowest BCUT2D eigenvalue weighted by molar-refractivity contribution is 0.250. The zero-order chi connectivity index (χ0) is 14.0. The fourth-order valence-electron chi connectivity index (χ4n) is 2.32. The minimum atomic E-state index is -3.43. The van der Waals surface area contributed by atoms with E-state index in [1.807, 2.05) is 6.92 Å². The Kier molecular flexibility index (Phi) is 4.60. The average molecular weight is 348 g/mol. The highest BCUT2D eigenvalue weighted by Crippen LogP contribution is 2.25. The summed E-state index contributed by atoms with van der Waals surface area (Å²) in [5.41, 5.74) is 5.87. The Morgan fingerprint density at radius 3 is 2.58 bits per heavy atom. The summed E-state index contributed by atoms with van der Waals surface area (Å²) in [5.74, 6) is 0.409. The number of nitrogens with two attached hydrogens (primary N) is 1. The van der Waals surface area contributed by atoms with Gasteiger partial charge in [-0.25, -0.2) is 8.42 Å². The Bertz CT molecular complexity index is 540. The fraction of sp³-hybridized carbons (Fsp3) is 0.583. The molecule has 0 radical (unpaired) electrons. The van der Waals surface area contributed by atoms with Crippen LogP contribution in [0.1, 0.15) is 19.8 Å². The fourth-order valence-corrected chi connectivity index (χ4v) is 4.30. The predicted molar refractivity (Wildman–Crippen MR) is 77.1 cm³/mol. The van der Waals surface area contributed by atoms with Crippen molar-refractivity contribution in [1.29, 1.82) is 0 Å². The lowest BCUT2D eigenvalue weighted by atomic mass is 9.92. The van der Waals surface area contributed by atoms with Crippen molar-refractivity contribution in [3.63, 3.8) is 0 Å². The van der Waals surface area contributed by atoms with E-state index in [2.05, 4.69) is 20.9 Å². The van der Waals surface area contributed by atoms with Crippen LogP contribution in [-0.4, -0.2) is 36.8 Å². The molecule has 1 saturated heterocycles. The van der Waals surface area contributed by atoms with Crippen molar-refractivity contribution in [3.05, 3.63) is 22.9 Å². The van der Waals surface area contributed by atoms with E-state index in [4.69, 9.17) is 5.73 Å². The molecular formula is C12H18BrN3O2S. The first-order chi connectivity index (χ1) is 8.91. The Hall–Kier alpha value is -0.500. The molecule has 0 spiro atoms. The molecule has 7 heteroatoms. The van der Waals surface area contributed by atoms with E-state index in [0.29, 0.717) is 23.5 Å². The van der Waals surface area contributed by atoms with Gasteiger partial charge < -0.3 is 5.73 Å². The standard InChI is InChI=1S/C12H18BrN3O2S/c1-9(14)10-2-4-16(5-3-10)19(17,18)12-6-11(13)7-15-8-12/h6-10H,2-5,14H2,1H3/t9-/m1/s1. The third-order valence-corrected chi connectivity index (χ3v) is 5.86. The van der Waals surface area contributed by atoms with E-state index in [-0.39, 0.29) is 10.9 Å². The molecule has 1 aliphatic rings. The van der Waals surface area contributed by atoms with E-state index in [9.17, 15) is 8.42 Å². The molecule has 1 aromatic heterocycles. The van der Waals surface area contributed by atoms with Crippen LogP contribution in [0.2, 0.25) is 0 Å². The molecule has 1 fully saturated rings. The lowest BCUT2D eigenvalue weighted by Gasteiger charge is -2.32. The molecule has 1 aliphatic heterocycles. The number of pyridine rings is 1. The summed E-state index contributed by atoms with van der Waals surface area (Å²) in [6.45, 7) is 3.04. The van der Waals surface area contributed by atoms with Crippen LogP contribution in [0.15, 0.2) is 27.8 Å². The van der Waals surface area contributed by atoms with Crippen LogP contribution < -0.4 is 5.73 Å². The summed E-state index contributed by atoms with van der Waals surface area (Å²) in [6, 6.07) is 1.71. The molecule has 0 bridgehead atoms. The largest absolute Gasteiger partial charge is 0.328 e. The van der Waals surface area contributed by atoms with Crippen LogP contribution in [-0.2, 0) is 10.0 Å². The predicted octanol–water partition coefficient (Wildman–Crippen LogP) is 1.59. The third-order valence-electron chi connectivity index (χ3n) is 3.56. The molecule has 2 N–H and O–H groups in total. The van der Waals surface area contributed by atoms with Crippen LogP contribution in [0.3, 0.4) is 0 Å². The van der Waals surface area contributed by atoms with Crippen LogP contribution >= 0.6 is 15.9 Å². The SMILES string of the molecule is C[C@@H](N)C1CCN(S(=O)(=O)c2cncc(Br)c2)CC1. The van der Waals surface area contributed by atoms with Crippen molar-refractivity contribution in [3.8, 4) is 0 Å². The Morgan fingerprint density at radius 2 is 2.05 bits per heavy atom. The first kappa shape index (κ1) is 14.9. The molecule has 1 atom stereocenters.